The van der Waals surface area contributed by atoms with Gasteiger partial charge in [0.05, 0.1) is 39.6 Å². The van der Waals surface area contributed by atoms with E-state index in [0.29, 0.717) is 0 Å². The number of esters is 2. The third-order valence-electron chi connectivity index (χ3n) is 5.44. The van der Waals surface area contributed by atoms with E-state index in [1.807, 2.05) is 0 Å². The van der Waals surface area contributed by atoms with Crippen LogP contribution in [-0.4, -0.2) is 50.6 Å². The van der Waals surface area contributed by atoms with Crippen LogP contribution < -0.4 is 20.7 Å². The molecule has 0 amide bonds. The van der Waals surface area contributed by atoms with Gasteiger partial charge in [-0.05, 0) is 24.3 Å². The number of aromatic hydroxyl groups is 2. The summed E-state index contributed by atoms with van der Waals surface area (Å²) >= 11 is 0. The Hall–Kier alpha value is -5.00. The maximum absolute atomic E-state index is 12.7. The molecule has 0 fully saturated rings. The normalized spacial score (nSPS) is 10.9. The fourth-order valence-electron chi connectivity index (χ4n) is 3.84. The molecule has 0 atom stereocenters. The minimum Gasteiger partial charge on any atom is -0.506 e. The average molecular weight is 498 g/mol. The summed E-state index contributed by atoms with van der Waals surface area (Å²) < 4.78 is 29.8. The van der Waals surface area contributed by atoms with Gasteiger partial charge in [-0.3, -0.25) is 0 Å². The molecule has 0 aliphatic carbocycles. The first-order valence-electron chi connectivity index (χ1n) is 10.1. The number of phenolic OH excluding ortho intramolecular Hbond substituents is 2. The van der Waals surface area contributed by atoms with Crippen LogP contribution in [0.25, 0.3) is 32.7 Å². The fraction of sp³-hybridized carbons (Fsp3) is 0.167. The molecule has 4 rings (SSSR count). The maximum atomic E-state index is 12.7. The summed E-state index contributed by atoms with van der Waals surface area (Å²) in [5, 5.41) is 21.7. The molecule has 0 spiro atoms. The van der Waals surface area contributed by atoms with Gasteiger partial charge in [-0.1, -0.05) is 0 Å². The van der Waals surface area contributed by atoms with Gasteiger partial charge in [0.2, 0.25) is 11.5 Å². The van der Waals surface area contributed by atoms with E-state index in [4.69, 9.17) is 18.3 Å². The number of carbonyl (C=O) groups is 2. The zero-order valence-corrected chi connectivity index (χ0v) is 19.3. The zero-order chi connectivity index (χ0) is 26.3. The van der Waals surface area contributed by atoms with E-state index in [1.54, 1.807) is 0 Å². The lowest BCUT2D eigenvalue weighted by Gasteiger charge is -2.18. The Labute approximate surface area is 200 Å². The van der Waals surface area contributed by atoms with Gasteiger partial charge >= 0.3 is 23.2 Å². The van der Waals surface area contributed by atoms with E-state index >= 15 is 0 Å². The highest BCUT2D eigenvalue weighted by molar-refractivity contribution is 6.05. The lowest BCUT2D eigenvalue weighted by atomic mass is 9.95. The number of benzene rings is 2. The molecule has 2 aromatic heterocycles. The number of rotatable bonds is 5. The molecule has 0 unspecified atom stereocenters. The molecular formula is C24H18O12. The molecule has 0 aliphatic rings. The van der Waals surface area contributed by atoms with Crippen LogP contribution in [0.4, 0.5) is 0 Å². The lowest BCUT2D eigenvalue weighted by molar-refractivity contribution is 0.0552. The van der Waals surface area contributed by atoms with Gasteiger partial charge in [0, 0.05) is 10.8 Å². The van der Waals surface area contributed by atoms with E-state index in [-0.39, 0.29) is 44.2 Å². The predicted molar refractivity (Wildman–Crippen MR) is 123 cm³/mol. The largest absolute Gasteiger partial charge is 0.506 e. The second-order valence-corrected chi connectivity index (χ2v) is 7.31. The standard InChI is InChI=1S/C24H18O12/c1-31-11-5-9-7-13(21(27)33-3)35-23(29)15(9)19(25)17(11)18-12(32-2)6-10-8-14(22(28)34-4)36-24(30)16(10)20(18)26/h5-8,25-26H,1-4H3. The first-order chi connectivity index (χ1) is 17.2. The van der Waals surface area contributed by atoms with Crippen LogP contribution in [0.5, 0.6) is 23.0 Å². The van der Waals surface area contributed by atoms with E-state index in [2.05, 4.69) is 9.47 Å². The molecule has 186 valence electrons. The molecule has 12 heteroatoms. The van der Waals surface area contributed by atoms with Gasteiger partial charge < -0.3 is 38.0 Å². The second kappa shape index (κ2) is 8.98. The molecule has 0 radical (unpaired) electrons. The van der Waals surface area contributed by atoms with Crippen LogP contribution in [0.3, 0.4) is 0 Å². The molecular weight excluding hydrogens is 480 g/mol. The van der Waals surface area contributed by atoms with Crippen molar-refractivity contribution in [3.05, 3.63) is 56.6 Å². The van der Waals surface area contributed by atoms with E-state index < -0.39 is 46.2 Å². The van der Waals surface area contributed by atoms with Gasteiger partial charge in [-0.15, -0.1) is 0 Å². The van der Waals surface area contributed by atoms with Crippen molar-refractivity contribution in [3.63, 3.8) is 0 Å². The molecule has 0 bridgehead atoms. The van der Waals surface area contributed by atoms with Crippen molar-refractivity contribution in [1.29, 1.82) is 0 Å². The predicted octanol–water partition coefficient (Wildman–Crippen LogP) is 2.57. The third kappa shape index (κ3) is 3.64. The van der Waals surface area contributed by atoms with Crippen LogP contribution in [0.2, 0.25) is 0 Å². The van der Waals surface area contributed by atoms with E-state index in [0.717, 1.165) is 14.2 Å². The van der Waals surface area contributed by atoms with Crippen LogP contribution in [-0.2, 0) is 9.47 Å². The summed E-state index contributed by atoms with van der Waals surface area (Å²) in [7, 11) is 4.73. The maximum Gasteiger partial charge on any atom is 0.374 e. The number of carbonyl (C=O) groups excluding carboxylic acids is 2. The molecule has 2 N–H and O–H groups in total. The number of methoxy groups -OCH3 is 4. The highest BCUT2D eigenvalue weighted by Gasteiger charge is 2.28. The quantitative estimate of drug-likeness (QED) is 0.386. The Morgan fingerprint density at radius 1 is 0.667 bits per heavy atom. The van der Waals surface area contributed by atoms with Gasteiger partial charge in [-0.2, -0.15) is 0 Å². The Bertz CT molecular complexity index is 1550. The van der Waals surface area contributed by atoms with Crippen LogP contribution in [0, 0.1) is 0 Å². The summed E-state index contributed by atoms with van der Waals surface area (Å²) in [6.07, 6.45) is 0. The van der Waals surface area contributed by atoms with Gasteiger partial charge in [0.15, 0.2) is 0 Å². The van der Waals surface area contributed by atoms with Crippen LogP contribution in [0.1, 0.15) is 21.1 Å². The first-order valence-corrected chi connectivity index (χ1v) is 10.1. The Morgan fingerprint density at radius 2 is 1.03 bits per heavy atom. The fourth-order valence-corrected chi connectivity index (χ4v) is 3.84. The second-order valence-electron chi connectivity index (χ2n) is 7.31. The minimum atomic E-state index is -1.07. The topological polar surface area (TPSA) is 172 Å². The number of phenols is 2. The summed E-state index contributed by atoms with van der Waals surface area (Å²) in [5.41, 5.74) is -2.57. The van der Waals surface area contributed by atoms with E-state index in [9.17, 15) is 29.4 Å². The number of ether oxygens (including phenoxy) is 4. The summed E-state index contributed by atoms with van der Waals surface area (Å²) in [4.78, 5) is 49.0. The summed E-state index contributed by atoms with van der Waals surface area (Å²) in [5.74, 6) is -4.11. The molecule has 4 aromatic rings. The molecule has 2 aromatic carbocycles. The summed E-state index contributed by atoms with van der Waals surface area (Å²) in [6, 6.07) is 4.99. The molecule has 2 heterocycles. The highest BCUT2D eigenvalue weighted by Crippen LogP contribution is 2.51. The zero-order valence-electron chi connectivity index (χ0n) is 19.3. The van der Waals surface area contributed by atoms with Crippen molar-refractivity contribution < 1.29 is 47.6 Å². The molecule has 12 nitrogen and oxygen atoms in total. The molecule has 0 saturated carbocycles. The molecule has 0 aliphatic heterocycles. The van der Waals surface area contributed by atoms with Crippen molar-refractivity contribution in [2.75, 3.05) is 28.4 Å². The van der Waals surface area contributed by atoms with Gasteiger partial charge in [0.25, 0.3) is 0 Å². The average Bonchev–Trinajstić information content (AvgIpc) is 2.86. The van der Waals surface area contributed by atoms with Crippen LogP contribution >= 0.6 is 0 Å². The number of fused-ring (bicyclic) bond motifs is 2. The van der Waals surface area contributed by atoms with Crippen molar-refractivity contribution in [3.8, 4) is 34.1 Å². The summed E-state index contributed by atoms with van der Waals surface area (Å²) in [6.45, 7) is 0. The van der Waals surface area contributed by atoms with Crippen molar-refractivity contribution in [2.24, 2.45) is 0 Å². The van der Waals surface area contributed by atoms with Gasteiger partial charge in [0.1, 0.15) is 33.8 Å². The Morgan fingerprint density at radius 3 is 1.33 bits per heavy atom. The smallest absolute Gasteiger partial charge is 0.374 e. The Kier molecular flexibility index (Phi) is 6.02. The number of hydrogen-bond acceptors (Lipinski definition) is 12. The highest BCUT2D eigenvalue weighted by atomic mass is 16.5. The Balaban J connectivity index is 2.12. The third-order valence-corrected chi connectivity index (χ3v) is 5.44. The van der Waals surface area contributed by atoms with E-state index in [1.165, 1.54) is 38.5 Å². The lowest BCUT2D eigenvalue weighted by Crippen LogP contribution is -2.10. The number of hydrogen-bond donors (Lipinski definition) is 2. The van der Waals surface area contributed by atoms with Crippen molar-refractivity contribution in [2.45, 2.75) is 0 Å². The monoisotopic (exact) mass is 498 g/mol. The van der Waals surface area contributed by atoms with Crippen molar-refractivity contribution in [1.82, 2.24) is 0 Å². The minimum absolute atomic E-state index is 0.0510. The van der Waals surface area contributed by atoms with Gasteiger partial charge in [-0.25, -0.2) is 19.2 Å². The first kappa shape index (κ1) is 24.1. The van der Waals surface area contributed by atoms with Crippen molar-refractivity contribution >= 4 is 33.5 Å². The molecule has 0 saturated heterocycles. The SMILES string of the molecule is COC(=O)c1cc2cc(OC)c(-c3c(OC)cc4cc(C(=O)OC)oc(=O)c4c3O)c(O)c2c(=O)o1. The molecule has 36 heavy (non-hydrogen) atoms. The van der Waals surface area contributed by atoms with Crippen LogP contribution in [0.15, 0.2) is 42.7 Å².